The predicted molar refractivity (Wildman–Crippen MR) is 101 cm³/mol. The summed E-state index contributed by atoms with van der Waals surface area (Å²) in [5, 5.41) is 0. The van der Waals surface area contributed by atoms with Crippen LogP contribution >= 0.6 is 0 Å². The van der Waals surface area contributed by atoms with Crippen molar-refractivity contribution in [1.82, 2.24) is 4.90 Å². The monoisotopic (exact) mass is 353 g/mol. The average Bonchev–Trinajstić information content (AvgIpc) is 2.95. The van der Waals surface area contributed by atoms with Gasteiger partial charge in [0.2, 0.25) is 5.78 Å². The van der Waals surface area contributed by atoms with Crippen LogP contribution in [-0.2, 0) is 6.54 Å². The van der Waals surface area contributed by atoms with Gasteiger partial charge < -0.3 is 19.1 Å². The van der Waals surface area contributed by atoms with E-state index in [1.54, 1.807) is 32.4 Å². The summed E-state index contributed by atoms with van der Waals surface area (Å²) in [6, 6.07) is 11.4. The number of methoxy groups -OCH3 is 2. The third-order valence-corrected chi connectivity index (χ3v) is 4.42. The number of rotatable bonds is 6. The molecule has 0 amide bonds. The zero-order valence-corrected chi connectivity index (χ0v) is 15.5. The molecule has 1 heterocycles. The van der Waals surface area contributed by atoms with Crippen LogP contribution in [0.3, 0.4) is 0 Å². The van der Waals surface area contributed by atoms with Gasteiger partial charge in [-0.1, -0.05) is 31.2 Å². The van der Waals surface area contributed by atoms with Crippen molar-refractivity contribution in [3.05, 3.63) is 58.8 Å². The van der Waals surface area contributed by atoms with Gasteiger partial charge in [-0.3, -0.25) is 4.79 Å². The Hall–Kier alpha value is -2.79. The van der Waals surface area contributed by atoms with E-state index in [1.165, 1.54) is 5.56 Å². The van der Waals surface area contributed by atoms with Crippen LogP contribution in [0.25, 0.3) is 6.08 Å². The first-order chi connectivity index (χ1) is 12.5. The van der Waals surface area contributed by atoms with Crippen LogP contribution in [-0.4, -0.2) is 38.5 Å². The predicted octanol–water partition coefficient (Wildman–Crippen LogP) is 3.77. The maximum atomic E-state index is 12.7. The fourth-order valence-corrected chi connectivity index (χ4v) is 2.87. The van der Waals surface area contributed by atoms with Crippen LogP contribution in [0.15, 0.2) is 42.2 Å². The summed E-state index contributed by atoms with van der Waals surface area (Å²) in [7, 11) is 5.17. The molecular formula is C21H23NO4. The topological polar surface area (TPSA) is 48.0 Å². The van der Waals surface area contributed by atoms with E-state index in [0.29, 0.717) is 28.6 Å². The lowest BCUT2D eigenvalue weighted by molar-refractivity contribution is 0.101. The zero-order chi connectivity index (χ0) is 18.7. The third kappa shape index (κ3) is 3.58. The molecule has 0 saturated heterocycles. The van der Waals surface area contributed by atoms with Crippen LogP contribution in [0.2, 0.25) is 0 Å². The van der Waals surface area contributed by atoms with E-state index in [4.69, 9.17) is 14.2 Å². The molecule has 26 heavy (non-hydrogen) atoms. The van der Waals surface area contributed by atoms with Crippen molar-refractivity contribution in [1.29, 1.82) is 0 Å². The fourth-order valence-electron chi connectivity index (χ4n) is 2.87. The molecule has 1 aliphatic heterocycles. The minimum Gasteiger partial charge on any atom is -0.493 e. The van der Waals surface area contributed by atoms with E-state index in [0.717, 1.165) is 18.7 Å². The first kappa shape index (κ1) is 18.0. The lowest BCUT2D eigenvalue weighted by atomic mass is 10.1. The quantitative estimate of drug-likeness (QED) is 0.740. The van der Waals surface area contributed by atoms with Gasteiger partial charge in [0.15, 0.2) is 17.3 Å². The molecule has 0 bridgehead atoms. The van der Waals surface area contributed by atoms with Crippen molar-refractivity contribution in [2.24, 2.45) is 0 Å². The van der Waals surface area contributed by atoms with Gasteiger partial charge in [-0.15, -0.1) is 0 Å². The Morgan fingerprint density at radius 2 is 1.85 bits per heavy atom. The van der Waals surface area contributed by atoms with Crippen LogP contribution in [0.4, 0.5) is 0 Å². The van der Waals surface area contributed by atoms with Crippen molar-refractivity contribution >= 4 is 11.9 Å². The summed E-state index contributed by atoms with van der Waals surface area (Å²) in [5.41, 5.74) is 2.60. The van der Waals surface area contributed by atoms with Gasteiger partial charge in [-0.2, -0.15) is 0 Å². The van der Waals surface area contributed by atoms with Gasteiger partial charge in [0.1, 0.15) is 5.75 Å². The van der Waals surface area contributed by atoms with Crippen LogP contribution in [0.5, 0.6) is 17.2 Å². The minimum absolute atomic E-state index is 0.156. The number of ketones is 1. The largest absolute Gasteiger partial charge is 0.493 e. The first-order valence-corrected chi connectivity index (χ1v) is 8.53. The number of allylic oxidation sites excluding steroid dienone is 1. The minimum atomic E-state index is -0.156. The summed E-state index contributed by atoms with van der Waals surface area (Å²) in [6.45, 7) is 3.96. The third-order valence-electron chi connectivity index (χ3n) is 4.42. The van der Waals surface area contributed by atoms with Crippen LogP contribution in [0.1, 0.15) is 28.4 Å². The SMILES string of the molecule is CCN(C)Cc1cccc(/C=C2\Oc3cc(OC)c(OC)cc3C2=O)c1. The molecular weight excluding hydrogens is 330 g/mol. The molecule has 0 radical (unpaired) electrons. The molecule has 136 valence electrons. The van der Waals surface area contributed by atoms with E-state index in [-0.39, 0.29) is 5.78 Å². The number of nitrogens with zero attached hydrogens (tertiary/aromatic N) is 1. The summed E-state index contributed by atoms with van der Waals surface area (Å²) in [6.07, 6.45) is 1.77. The normalized spacial score (nSPS) is 14.5. The van der Waals surface area contributed by atoms with E-state index in [9.17, 15) is 4.79 Å². The fraction of sp³-hybridized carbons (Fsp3) is 0.286. The van der Waals surface area contributed by atoms with Crippen molar-refractivity contribution in [3.63, 3.8) is 0 Å². The molecule has 2 aromatic rings. The Balaban J connectivity index is 1.89. The average molecular weight is 353 g/mol. The lowest BCUT2D eigenvalue weighted by Crippen LogP contribution is -2.16. The second kappa shape index (κ2) is 7.62. The number of fused-ring (bicyclic) bond motifs is 1. The summed E-state index contributed by atoms with van der Waals surface area (Å²) >= 11 is 0. The Kier molecular flexibility index (Phi) is 5.28. The highest BCUT2D eigenvalue weighted by atomic mass is 16.5. The second-order valence-corrected chi connectivity index (χ2v) is 6.22. The number of ether oxygens (including phenoxy) is 3. The molecule has 0 unspecified atom stereocenters. The molecule has 0 aliphatic carbocycles. The number of hydrogen-bond donors (Lipinski definition) is 0. The van der Waals surface area contributed by atoms with Gasteiger partial charge >= 0.3 is 0 Å². The van der Waals surface area contributed by atoms with Crippen molar-refractivity contribution in [2.75, 3.05) is 27.8 Å². The number of Topliss-reactive ketones (excluding diaryl/α,β-unsaturated/α-hetero) is 1. The number of hydrogen-bond acceptors (Lipinski definition) is 5. The molecule has 0 spiro atoms. The molecule has 0 aromatic heterocycles. The van der Waals surface area contributed by atoms with Crippen molar-refractivity contribution in [3.8, 4) is 17.2 Å². The summed E-state index contributed by atoms with van der Waals surface area (Å²) in [4.78, 5) is 14.9. The highest BCUT2D eigenvalue weighted by molar-refractivity contribution is 6.14. The Morgan fingerprint density at radius 1 is 1.12 bits per heavy atom. The number of benzene rings is 2. The lowest BCUT2D eigenvalue weighted by Gasteiger charge is -2.13. The molecule has 2 aromatic carbocycles. The molecule has 1 aliphatic rings. The maximum absolute atomic E-state index is 12.7. The molecule has 0 saturated carbocycles. The van der Waals surface area contributed by atoms with Gasteiger partial charge in [0, 0.05) is 12.6 Å². The number of carbonyl (C=O) groups is 1. The van der Waals surface area contributed by atoms with Crippen LogP contribution < -0.4 is 14.2 Å². The standard InChI is InChI=1S/C21H23NO4/c1-5-22(2)13-15-8-6-7-14(9-15)10-20-21(23)16-11-18(24-3)19(25-4)12-17(16)26-20/h6-12H,5,13H2,1-4H3/b20-10-. The van der Waals surface area contributed by atoms with E-state index < -0.39 is 0 Å². The Bertz CT molecular complexity index is 857. The Labute approximate surface area is 153 Å². The van der Waals surface area contributed by atoms with Crippen molar-refractivity contribution < 1.29 is 19.0 Å². The maximum Gasteiger partial charge on any atom is 0.232 e. The zero-order valence-electron chi connectivity index (χ0n) is 15.5. The molecule has 0 N–H and O–H groups in total. The van der Waals surface area contributed by atoms with E-state index in [2.05, 4.69) is 31.0 Å². The smallest absolute Gasteiger partial charge is 0.232 e. The summed E-state index contributed by atoms with van der Waals surface area (Å²) < 4.78 is 16.3. The molecule has 0 fully saturated rings. The van der Waals surface area contributed by atoms with Crippen LogP contribution in [0, 0.1) is 0 Å². The highest BCUT2D eigenvalue weighted by Gasteiger charge is 2.29. The van der Waals surface area contributed by atoms with Gasteiger partial charge in [0.25, 0.3) is 0 Å². The molecule has 0 atom stereocenters. The Morgan fingerprint density at radius 3 is 2.54 bits per heavy atom. The molecule has 5 nitrogen and oxygen atoms in total. The molecule has 3 rings (SSSR count). The summed E-state index contributed by atoms with van der Waals surface area (Å²) in [5.74, 6) is 1.67. The first-order valence-electron chi connectivity index (χ1n) is 8.53. The van der Waals surface area contributed by atoms with E-state index in [1.807, 2.05) is 12.1 Å². The van der Waals surface area contributed by atoms with Gasteiger partial charge in [0.05, 0.1) is 19.8 Å². The number of carbonyl (C=O) groups excluding carboxylic acids is 1. The van der Waals surface area contributed by atoms with E-state index >= 15 is 0 Å². The van der Waals surface area contributed by atoms with Gasteiger partial charge in [-0.05, 0) is 36.9 Å². The van der Waals surface area contributed by atoms with Crippen molar-refractivity contribution in [2.45, 2.75) is 13.5 Å². The molecule has 5 heteroatoms. The highest BCUT2D eigenvalue weighted by Crippen LogP contribution is 2.40. The second-order valence-electron chi connectivity index (χ2n) is 6.22. The van der Waals surface area contributed by atoms with Gasteiger partial charge in [-0.25, -0.2) is 0 Å².